The van der Waals surface area contributed by atoms with Gasteiger partial charge in [0.2, 0.25) is 5.91 Å². The molecule has 2 heterocycles. The van der Waals surface area contributed by atoms with E-state index in [9.17, 15) is 19.2 Å². The van der Waals surface area contributed by atoms with Gasteiger partial charge in [-0.05, 0) is 37.5 Å². The number of carbonyl (C=O) groups excluding carboxylic acids is 4. The second-order valence-electron chi connectivity index (χ2n) is 6.96. The molecule has 1 N–H and O–H groups in total. The number of urea groups is 1. The Labute approximate surface area is 170 Å². The van der Waals surface area contributed by atoms with Gasteiger partial charge in [-0.2, -0.15) is 0 Å². The van der Waals surface area contributed by atoms with E-state index in [4.69, 9.17) is 4.74 Å². The molecule has 2 fully saturated rings. The lowest BCUT2D eigenvalue weighted by Crippen LogP contribution is -2.54. The highest BCUT2D eigenvalue weighted by Crippen LogP contribution is 2.32. The zero-order chi connectivity index (χ0) is 22.0. The first kappa shape index (κ1) is 22.2. The van der Waals surface area contributed by atoms with Crippen LogP contribution >= 0.6 is 0 Å². The Bertz CT molecular complexity index is 829. The van der Waals surface area contributed by atoms with Crippen LogP contribution in [0.2, 0.25) is 0 Å². The summed E-state index contributed by atoms with van der Waals surface area (Å²) >= 11 is 0. The summed E-state index contributed by atoms with van der Waals surface area (Å²) in [6.07, 6.45) is 2.79. The molecule has 2 aliphatic heterocycles. The predicted molar refractivity (Wildman–Crippen MR) is 106 cm³/mol. The molecule has 9 heteroatoms. The number of hydrazine groups is 1. The number of nitrogens with one attached hydrogen (secondary N) is 1. The van der Waals surface area contributed by atoms with Crippen molar-refractivity contribution in [2.24, 2.45) is 0 Å². The predicted octanol–water partition coefficient (Wildman–Crippen LogP) is 1.69. The number of rotatable bonds is 4. The molecule has 1 atom stereocenters. The molecular weight excluding hydrogens is 376 g/mol. The van der Waals surface area contributed by atoms with Crippen molar-refractivity contribution in [3.8, 4) is 0 Å². The highest BCUT2D eigenvalue weighted by Gasteiger charge is 2.43. The second-order valence-corrected chi connectivity index (χ2v) is 6.96. The maximum absolute atomic E-state index is 12.6. The lowest BCUT2D eigenvalue weighted by atomic mass is 9.94. The minimum Gasteiger partial charge on any atom is -0.497 e. The fourth-order valence-electron chi connectivity index (χ4n) is 3.70. The average molecular weight is 404 g/mol. The largest absolute Gasteiger partial charge is 0.497 e. The van der Waals surface area contributed by atoms with E-state index < -0.39 is 23.9 Å². The molecule has 0 aromatic carbocycles. The molecule has 0 spiro atoms. The number of carbonyl (C=O) groups is 4. The first-order valence-electron chi connectivity index (χ1n) is 9.40. The lowest BCUT2D eigenvalue weighted by Gasteiger charge is -2.29. The SMILES string of the molecule is C/C=C(OC)\C(CC)=C(/C)C1CC(=C2C(=O)N(C)C(=O)N(C)C2=O)NN1C(C)=O. The monoisotopic (exact) mass is 404 g/mol. The van der Waals surface area contributed by atoms with Crippen molar-refractivity contribution in [2.45, 2.75) is 46.6 Å². The molecule has 2 rings (SSSR count). The summed E-state index contributed by atoms with van der Waals surface area (Å²) in [5.41, 5.74) is 4.96. The molecule has 0 aliphatic carbocycles. The normalized spacial score (nSPS) is 21.6. The second kappa shape index (κ2) is 8.50. The van der Waals surface area contributed by atoms with Crippen LogP contribution in [0.1, 0.15) is 40.5 Å². The number of hydrogen-bond acceptors (Lipinski definition) is 6. The molecule has 0 aromatic rings. The summed E-state index contributed by atoms with van der Waals surface area (Å²) in [6.45, 7) is 7.17. The first-order valence-corrected chi connectivity index (χ1v) is 9.40. The first-order chi connectivity index (χ1) is 13.6. The van der Waals surface area contributed by atoms with Gasteiger partial charge in [-0.25, -0.2) is 9.80 Å². The van der Waals surface area contributed by atoms with Crippen molar-refractivity contribution in [1.82, 2.24) is 20.2 Å². The fraction of sp³-hybridized carbons (Fsp3) is 0.500. The third-order valence-electron chi connectivity index (χ3n) is 5.33. The van der Waals surface area contributed by atoms with E-state index in [1.807, 2.05) is 26.8 Å². The Balaban J connectivity index is 2.58. The van der Waals surface area contributed by atoms with Crippen molar-refractivity contribution < 1.29 is 23.9 Å². The van der Waals surface area contributed by atoms with E-state index in [-0.39, 0.29) is 17.9 Å². The van der Waals surface area contributed by atoms with Gasteiger partial charge in [0, 0.05) is 27.4 Å². The summed E-state index contributed by atoms with van der Waals surface area (Å²) in [5.74, 6) is -0.918. The summed E-state index contributed by atoms with van der Waals surface area (Å²) < 4.78 is 5.45. The Hall–Kier alpha value is -3.10. The maximum Gasteiger partial charge on any atom is 0.333 e. The van der Waals surface area contributed by atoms with Crippen molar-refractivity contribution in [2.75, 3.05) is 21.2 Å². The molecule has 0 aromatic heterocycles. The highest BCUT2D eigenvalue weighted by molar-refractivity contribution is 6.28. The van der Waals surface area contributed by atoms with Crippen LogP contribution in [-0.2, 0) is 19.1 Å². The zero-order valence-electron chi connectivity index (χ0n) is 18.0. The van der Waals surface area contributed by atoms with Crippen LogP contribution in [0.15, 0.2) is 34.3 Å². The zero-order valence-corrected chi connectivity index (χ0v) is 18.0. The van der Waals surface area contributed by atoms with Crippen LogP contribution < -0.4 is 5.43 Å². The highest BCUT2D eigenvalue weighted by atomic mass is 16.5. The maximum atomic E-state index is 12.6. The minimum absolute atomic E-state index is 0.132. The molecule has 0 bridgehead atoms. The van der Waals surface area contributed by atoms with Gasteiger partial charge >= 0.3 is 6.03 Å². The van der Waals surface area contributed by atoms with Crippen LogP contribution in [0.3, 0.4) is 0 Å². The number of ether oxygens (including phenoxy) is 1. The van der Waals surface area contributed by atoms with Crippen LogP contribution in [0.25, 0.3) is 0 Å². The third-order valence-corrected chi connectivity index (χ3v) is 5.33. The molecule has 5 amide bonds. The minimum atomic E-state index is -0.690. The molecule has 9 nitrogen and oxygen atoms in total. The van der Waals surface area contributed by atoms with Gasteiger partial charge < -0.3 is 4.74 Å². The fourth-order valence-corrected chi connectivity index (χ4v) is 3.70. The quantitative estimate of drug-likeness (QED) is 0.331. The van der Waals surface area contributed by atoms with E-state index >= 15 is 0 Å². The van der Waals surface area contributed by atoms with Crippen LogP contribution in [0.5, 0.6) is 0 Å². The summed E-state index contributed by atoms with van der Waals surface area (Å²) in [6, 6.07) is -1.09. The number of nitrogens with zero attached hydrogens (tertiary/aromatic N) is 3. The van der Waals surface area contributed by atoms with Gasteiger partial charge in [0.25, 0.3) is 11.8 Å². The van der Waals surface area contributed by atoms with Gasteiger partial charge in [-0.15, -0.1) is 0 Å². The average Bonchev–Trinajstić information content (AvgIpc) is 3.13. The van der Waals surface area contributed by atoms with Gasteiger partial charge in [-0.1, -0.05) is 6.92 Å². The molecule has 0 radical (unpaired) electrons. The Kier molecular flexibility index (Phi) is 6.51. The van der Waals surface area contributed by atoms with Crippen molar-refractivity contribution in [3.63, 3.8) is 0 Å². The molecule has 2 aliphatic rings. The van der Waals surface area contributed by atoms with E-state index in [2.05, 4.69) is 5.43 Å². The number of imide groups is 2. The van der Waals surface area contributed by atoms with Gasteiger partial charge in [0.1, 0.15) is 11.3 Å². The lowest BCUT2D eigenvalue weighted by molar-refractivity contribution is -0.135. The van der Waals surface area contributed by atoms with Gasteiger partial charge in [-0.3, -0.25) is 29.6 Å². The molecule has 1 unspecified atom stereocenters. The Morgan fingerprint density at radius 1 is 1.17 bits per heavy atom. The van der Waals surface area contributed by atoms with Crippen LogP contribution in [0.4, 0.5) is 4.79 Å². The van der Waals surface area contributed by atoms with E-state index in [1.165, 1.54) is 26.0 Å². The number of likely N-dealkylation sites (N-methyl/N-ethyl adjacent to an activating group) is 2. The molecule has 29 heavy (non-hydrogen) atoms. The smallest absolute Gasteiger partial charge is 0.333 e. The summed E-state index contributed by atoms with van der Waals surface area (Å²) in [7, 11) is 4.23. The van der Waals surface area contributed by atoms with Crippen LogP contribution in [-0.4, -0.2) is 65.8 Å². The number of barbiturate groups is 1. The Morgan fingerprint density at radius 2 is 1.72 bits per heavy atom. The van der Waals surface area contributed by atoms with Gasteiger partial charge in [0.05, 0.1) is 18.8 Å². The summed E-state index contributed by atoms with van der Waals surface area (Å²) in [4.78, 5) is 51.3. The summed E-state index contributed by atoms with van der Waals surface area (Å²) in [5, 5.41) is 1.41. The van der Waals surface area contributed by atoms with E-state index in [0.717, 1.165) is 20.9 Å². The van der Waals surface area contributed by atoms with Crippen molar-refractivity contribution in [3.05, 3.63) is 34.3 Å². The standard InChI is InChI=1S/C20H28N4O5/c1-8-13(16(9-2)29-7)11(3)15-10-14(21-24(15)12(4)25)17-18(26)22(5)20(28)23(6)19(17)27/h9,15,21H,8,10H2,1-7H3/b13-11+,16-9+. The van der Waals surface area contributed by atoms with Crippen LogP contribution in [0, 0.1) is 0 Å². The van der Waals surface area contributed by atoms with E-state index in [0.29, 0.717) is 17.9 Å². The van der Waals surface area contributed by atoms with Crippen molar-refractivity contribution in [1.29, 1.82) is 0 Å². The number of amides is 5. The Morgan fingerprint density at radius 3 is 2.14 bits per heavy atom. The number of hydrogen-bond donors (Lipinski definition) is 1. The molecule has 2 saturated heterocycles. The third kappa shape index (κ3) is 3.76. The molecule has 158 valence electrons. The van der Waals surface area contributed by atoms with Gasteiger partial charge in [0.15, 0.2) is 0 Å². The topological polar surface area (TPSA) is 99.3 Å². The molecular formula is C20H28N4O5. The van der Waals surface area contributed by atoms with E-state index in [1.54, 1.807) is 7.11 Å². The number of methoxy groups -OCH3 is 1. The van der Waals surface area contributed by atoms with Crippen molar-refractivity contribution >= 4 is 23.8 Å². The molecule has 0 saturated carbocycles. The number of allylic oxidation sites excluding steroid dienone is 2.